The summed E-state index contributed by atoms with van der Waals surface area (Å²) in [7, 11) is -4.05. The van der Waals surface area contributed by atoms with Gasteiger partial charge in [-0.05, 0) is 79.4 Å². The maximum absolute atomic E-state index is 13.2. The first-order valence-electron chi connectivity index (χ1n) is 12.8. The Labute approximate surface area is 236 Å². The summed E-state index contributed by atoms with van der Waals surface area (Å²) in [6, 6.07) is 16.9. The van der Waals surface area contributed by atoms with Crippen LogP contribution in [-0.4, -0.2) is 62.5 Å². The largest absolute Gasteiger partial charge is 0.465 e. The first-order chi connectivity index (χ1) is 19.6. The second-order valence-electron chi connectivity index (χ2n) is 9.38. The number of carbonyl (C=O) groups excluding carboxylic acids is 2. The molecule has 1 aliphatic heterocycles. The number of carboxylic acid groups (broad SMARTS) is 1. The van der Waals surface area contributed by atoms with Gasteiger partial charge < -0.3 is 25.4 Å². The minimum Gasteiger partial charge on any atom is -0.465 e. The molecule has 0 radical (unpaired) electrons. The standard InChI is InChI=1S/C28H29FN4O7S/c29-21-7-9-22(10-8-21)40-25-4-2-1-3-24(25)32-41(38,39)23-11-5-20(6-12-23)27(35)31-18-26(34)30-17-19-13-15-33(16-14-19)28(36)37/h1-12,19,32H,13-18H2,(H,30,34)(H,31,35)(H,36,37). The third kappa shape index (κ3) is 8.18. The molecule has 0 unspecified atom stereocenters. The minimum atomic E-state index is -4.05. The van der Waals surface area contributed by atoms with Crippen LogP contribution in [0.5, 0.6) is 11.5 Å². The van der Waals surface area contributed by atoms with E-state index in [2.05, 4.69) is 15.4 Å². The predicted molar refractivity (Wildman–Crippen MR) is 148 cm³/mol. The zero-order valence-corrected chi connectivity index (χ0v) is 22.7. The van der Waals surface area contributed by atoms with E-state index in [9.17, 15) is 27.2 Å². The lowest BCUT2D eigenvalue weighted by atomic mass is 9.97. The van der Waals surface area contributed by atoms with Crippen molar-refractivity contribution < 1.29 is 37.0 Å². The Morgan fingerprint density at radius 3 is 2.24 bits per heavy atom. The summed E-state index contributed by atoms with van der Waals surface area (Å²) in [4.78, 5) is 36.9. The predicted octanol–water partition coefficient (Wildman–Crippen LogP) is 3.65. The van der Waals surface area contributed by atoms with E-state index in [0.29, 0.717) is 38.2 Å². The third-order valence-corrected chi connectivity index (χ3v) is 7.86. The van der Waals surface area contributed by atoms with E-state index in [4.69, 9.17) is 9.84 Å². The number of nitrogens with zero attached hydrogens (tertiary/aromatic N) is 1. The number of sulfonamides is 1. The van der Waals surface area contributed by atoms with E-state index in [1.165, 1.54) is 59.5 Å². The molecule has 11 nitrogen and oxygen atoms in total. The SMILES string of the molecule is O=C(CNC(=O)c1ccc(S(=O)(=O)Nc2ccccc2Oc2ccc(F)cc2)cc1)NCC1CCN(C(=O)O)CC1. The lowest BCUT2D eigenvalue weighted by Crippen LogP contribution is -2.43. The topological polar surface area (TPSA) is 154 Å². The molecule has 3 aromatic rings. The first kappa shape index (κ1) is 29.3. The lowest BCUT2D eigenvalue weighted by molar-refractivity contribution is -0.120. The molecule has 1 saturated heterocycles. The van der Waals surface area contributed by atoms with Crippen molar-refractivity contribution in [3.63, 3.8) is 0 Å². The van der Waals surface area contributed by atoms with Crippen LogP contribution >= 0.6 is 0 Å². The Morgan fingerprint density at radius 1 is 0.927 bits per heavy atom. The highest BCUT2D eigenvalue weighted by Gasteiger charge is 2.23. The molecule has 216 valence electrons. The van der Waals surface area contributed by atoms with E-state index in [1.807, 2.05) is 0 Å². The second kappa shape index (κ2) is 13.1. The summed E-state index contributed by atoms with van der Waals surface area (Å²) in [5.41, 5.74) is 0.329. The average Bonchev–Trinajstić information content (AvgIpc) is 2.97. The fourth-order valence-corrected chi connectivity index (χ4v) is 5.24. The monoisotopic (exact) mass is 584 g/mol. The Balaban J connectivity index is 1.28. The molecule has 4 rings (SSSR count). The molecule has 1 heterocycles. The smallest absolute Gasteiger partial charge is 0.407 e. The van der Waals surface area contributed by atoms with Crippen molar-refractivity contribution in [1.82, 2.24) is 15.5 Å². The van der Waals surface area contributed by atoms with Crippen LogP contribution in [0, 0.1) is 11.7 Å². The highest BCUT2D eigenvalue weighted by Crippen LogP contribution is 2.31. The molecule has 41 heavy (non-hydrogen) atoms. The Morgan fingerprint density at radius 2 is 1.59 bits per heavy atom. The molecule has 0 aromatic heterocycles. The molecular formula is C28H29FN4O7S. The highest BCUT2D eigenvalue weighted by atomic mass is 32.2. The molecule has 0 atom stereocenters. The van der Waals surface area contributed by atoms with Crippen molar-refractivity contribution in [2.24, 2.45) is 5.92 Å². The molecule has 0 bridgehead atoms. The number of para-hydroxylation sites is 2. The summed E-state index contributed by atoms with van der Waals surface area (Å²) in [5, 5.41) is 14.2. The first-order valence-corrected chi connectivity index (χ1v) is 14.3. The van der Waals surface area contributed by atoms with E-state index in [1.54, 1.807) is 18.2 Å². The van der Waals surface area contributed by atoms with Crippen LogP contribution in [0.3, 0.4) is 0 Å². The van der Waals surface area contributed by atoms with Crippen LogP contribution in [0.25, 0.3) is 0 Å². The Bertz CT molecular complexity index is 1490. The van der Waals surface area contributed by atoms with Crippen LogP contribution in [0.15, 0.2) is 77.7 Å². The zero-order valence-electron chi connectivity index (χ0n) is 21.9. The number of halogens is 1. The second-order valence-corrected chi connectivity index (χ2v) is 11.1. The number of hydrogen-bond acceptors (Lipinski definition) is 6. The summed E-state index contributed by atoms with van der Waals surface area (Å²) in [6.07, 6.45) is 0.349. The van der Waals surface area contributed by atoms with Crippen molar-refractivity contribution in [1.29, 1.82) is 0 Å². The van der Waals surface area contributed by atoms with Crippen LogP contribution in [-0.2, 0) is 14.8 Å². The van der Waals surface area contributed by atoms with Gasteiger partial charge in [0.2, 0.25) is 5.91 Å². The normalized spacial score (nSPS) is 13.7. The maximum atomic E-state index is 13.2. The van der Waals surface area contributed by atoms with Gasteiger partial charge in [-0.2, -0.15) is 0 Å². The van der Waals surface area contributed by atoms with E-state index >= 15 is 0 Å². The minimum absolute atomic E-state index is 0.0997. The summed E-state index contributed by atoms with van der Waals surface area (Å²) >= 11 is 0. The molecule has 4 N–H and O–H groups in total. The number of anilines is 1. The quantitative estimate of drug-likeness (QED) is 0.284. The summed E-state index contributed by atoms with van der Waals surface area (Å²) < 4.78 is 47.4. The summed E-state index contributed by atoms with van der Waals surface area (Å²) in [5.74, 6) is -0.673. The van der Waals surface area contributed by atoms with Crippen LogP contribution in [0.4, 0.5) is 14.9 Å². The molecule has 0 saturated carbocycles. The van der Waals surface area contributed by atoms with E-state index in [0.717, 1.165) is 0 Å². The van der Waals surface area contributed by atoms with Crippen LogP contribution in [0.1, 0.15) is 23.2 Å². The van der Waals surface area contributed by atoms with Gasteiger partial charge in [0.15, 0.2) is 5.75 Å². The lowest BCUT2D eigenvalue weighted by Gasteiger charge is -2.29. The van der Waals surface area contributed by atoms with Crippen molar-refractivity contribution in [2.45, 2.75) is 17.7 Å². The van der Waals surface area contributed by atoms with E-state index < -0.39 is 27.8 Å². The van der Waals surface area contributed by atoms with Gasteiger partial charge in [-0.1, -0.05) is 12.1 Å². The molecule has 0 aliphatic carbocycles. The average molecular weight is 585 g/mol. The van der Waals surface area contributed by atoms with Crippen molar-refractivity contribution in [2.75, 3.05) is 30.9 Å². The molecule has 13 heteroatoms. The molecule has 1 fully saturated rings. The molecular weight excluding hydrogens is 555 g/mol. The van der Waals surface area contributed by atoms with Crippen molar-refractivity contribution >= 4 is 33.6 Å². The van der Waals surface area contributed by atoms with Gasteiger partial charge in [0.05, 0.1) is 17.1 Å². The number of ether oxygens (including phenoxy) is 1. The van der Waals surface area contributed by atoms with Gasteiger partial charge in [0, 0.05) is 25.2 Å². The fourth-order valence-electron chi connectivity index (χ4n) is 4.17. The van der Waals surface area contributed by atoms with Gasteiger partial charge in [0.1, 0.15) is 11.6 Å². The number of benzene rings is 3. The number of carbonyl (C=O) groups is 3. The van der Waals surface area contributed by atoms with Gasteiger partial charge >= 0.3 is 6.09 Å². The number of piperidine rings is 1. The van der Waals surface area contributed by atoms with Crippen molar-refractivity contribution in [3.8, 4) is 11.5 Å². The zero-order chi connectivity index (χ0) is 29.4. The van der Waals surface area contributed by atoms with Crippen molar-refractivity contribution in [3.05, 3.63) is 84.2 Å². The molecule has 0 spiro atoms. The Hall–Kier alpha value is -4.65. The highest BCUT2D eigenvalue weighted by molar-refractivity contribution is 7.92. The van der Waals surface area contributed by atoms with Gasteiger partial charge in [0.25, 0.3) is 15.9 Å². The number of amides is 3. The molecule has 1 aliphatic rings. The van der Waals surface area contributed by atoms with Crippen LogP contribution in [0.2, 0.25) is 0 Å². The van der Waals surface area contributed by atoms with Gasteiger partial charge in [-0.25, -0.2) is 17.6 Å². The number of nitrogens with one attached hydrogen (secondary N) is 3. The number of hydrogen-bond donors (Lipinski definition) is 4. The molecule has 3 amide bonds. The number of likely N-dealkylation sites (tertiary alicyclic amines) is 1. The molecule has 3 aromatic carbocycles. The van der Waals surface area contributed by atoms with Gasteiger partial charge in [-0.3, -0.25) is 14.3 Å². The Kier molecular flexibility index (Phi) is 9.40. The maximum Gasteiger partial charge on any atom is 0.407 e. The number of rotatable bonds is 10. The van der Waals surface area contributed by atoms with Gasteiger partial charge in [-0.15, -0.1) is 0 Å². The van der Waals surface area contributed by atoms with Crippen LogP contribution < -0.4 is 20.1 Å². The van der Waals surface area contributed by atoms with E-state index in [-0.39, 0.29) is 40.3 Å². The third-order valence-electron chi connectivity index (χ3n) is 6.48. The fraction of sp³-hybridized carbons (Fsp3) is 0.250. The summed E-state index contributed by atoms with van der Waals surface area (Å²) in [6.45, 7) is 0.966.